The van der Waals surface area contributed by atoms with Crippen LogP contribution in [0.3, 0.4) is 0 Å². The van der Waals surface area contributed by atoms with Crippen LogP contribution in [0.5, 0.6) is 0 Å². The van der Waals surface area contributed by atoms with Gasteiger partial charge in [0.1, 0.15) is 0 Å². The molecule has 1 amide bonds. The second kappa shape index (κ2) is 5.51. The van der Waals surface area contributed by atoms with E-state index in [1.54, 1.807) is 12.1 Å². The highest BCUT2D eigenvalue weighted by Gasteiger charge is 2.44. The average molecular weight is 281 g/mol. The highest BCUT2D eigenvalue weighted by molar-refractivity contribution is 6.31. The molecule has 1 saturated carbocycles. The van der Waals surface area contributed by atoms with E-state index in [2.05, 4.69) is 19.2 Å². The molecular weight excluding hydrogens is 260 g/mol. The molecule has 1 fully saturated rings. The molecule has 0 aliphatic heterocycles. The summed E-state index contributed by atoms with van der Waals surface area (Å²) >= 11 is 6.15. The molecule has 4 heteroatoms. The molecule has 1 aliphatic carbocycles. The Labute approximate surface area is 119 Å². The SMILES string of the molecule is CC(C)C1(CNCc2ccc(C(N)=O)cc2Cl)CC1. The molecule has 0 atom stereocenters. The largest absolute Gasteiger partial charge is 0.366 e. The van der Waals surface area contributed by atoms with E-state index in [1.807, 2.05) is 6.07 Å². The first-order valence-corrected chi connectivity index (χ1v) is 7.11. The molecule has 3 nitrogen and oxygen atoms in total. The van der Waals surface area contributed by atoms with E-state index >= 15 is 0 Å². The third-order valence-electron chi connectivity index (χ3n) is 4.25. The molecular formula is C15H21ClN2O. The fourth-order valence-electron chi connectivity index (χ4n) is 2.41. The van der Waals surface area contributed by atoms with Gasteiger partial charge in [0.25, 0.3) is 0 Å². The predicted molar refractivity (Wildman–Crippen MR) is 78.2 cm³/mol. The standard InChI is InChI=1S/C15H21ClN2O/c1-10(2)15(5-6-15)9-18-8-12-4-3-11(14(17)19)7-13(12)16/h3-4,7,10,18H,5-6,8-9H2,1-2H3,(H2,17,19). The highest BCUT2D eigenvalue weighted by Crippen LogP contribution is 2.51. The van der Waals surface area contributed by atoms with Crippen molar-refractivity contribution >= 4 is 17.5 Å². The number of hydrogen-bond acceptors (Lipinski definition) is 2. The molecule has 104 valence electrons. The van der Waals surface area contributed by atoms with Crippen molar-refractivity contribution in [3.63, 3.8) is 0 Å². The van der Waals surface area contributed by atoms with Crippen molar-refractivity contribution in [3.05, 3.63) is 34.3 Å². The lowest BCUT2D eigenvalue weighted by Gasteiger charge is -2.20. The van der Waals surface area contributed by atoms with Crippen LogP contribution in [0.15, 0.2) is 18.2 Å². The Balaban J connectivity index is 1.92. The summed E-state index contributed by atoms with van der Waals surface area (Å²) in [5, 5.41) is 4.07. The molecule has 0 aromatic heterocycles. The zero-order chi connectivity index (χ0) is 14.0. The Hall–Kier alpha value is -1.06. The van der Waals surface area contributed by atoms with Gasteiger partial charge in [0, 0.05) is 23.7 Å². The topological polar surface area (TPSA) is 55.1 Å². The van der Waals surface area contributed by atoms with Crippen LogP contribution < -0.4 is 11.1 Å². The Bertz CT molecular complexity index is 481. The summed E-state index contributed by atoms with van der Waals surface area (Å²) in [4.78, 5) is 11.0. The Morgan fingerprint density at radius 2 is 2.16 bits per heavy atom. The average Bonchev–Trinajstić information content (AvgIpc) is 3.12. The fourth-order valence-corrected chi connectivity index (χ4v) is 2.66. The predicted octanol–water partition coefficient (Wildman–Crippen LogP) is 2.96. The molecule has 0 radical (unpaired) electrons. The Morgan fingerprint density at radius 1 is 1.47 bits per heavy atom. The van der Waals surface area contributed by atoms with Gasteiger partial charge in [0.15, 0.2) is 0 Å². The van der Waals surface area contributed by atoms with Gasteiger partial charge in [0.05, 0.1) is 0 Å². The molecule has 2 rings (SSSR count). The third kappa shape index (κ3) is 3.28. The van der Waals surface area contributed by atoms with Gasteiger partial charge in [-0.05, 0) is 41.9 Å². The second-order valence-electron chi connectivity index (χ2n) is 5.79. The minimum atomic E-state index is -0.446. The summed E-state index contributed by atoms with van der Waals surface area (Å²) in [5.74, 6) is 0.269. The Morgan fingerprint density at radius 3 is 2.63 bits per heavy atom. The molecule has 1 aromatic carbocycles. The van der Waals surface area contributed by atoms with E-state index in [0.29, 0.717) is 21.9 Å². The first kappa shape index (κ1) is 14.4. The van der Waals surface area contributed by atoms with E-state index in [4.69, 9.17) is 17.3 Å². The molecule has 3 N–H and O–H groups in total. The van der Waals surface area contributed by atoms with E-state index in [9.17, 15) is 4.79 Å². The number of amides is 1. The van der Waals surface area contributed by atoms with Gasteiger partial charge in [-0.25, -0.2) is 0 Å². The van der Waals surface area contributed by atoms with Crippen LogP contribution in [-0.2, 0) is 6.54 Å². The van der Waals surface area contributed by atoms with Crippen LogP contribution >= 0.6 is 11.6 Å². The summed E-state index contributed by atoms with van der Waals surface area (Å²) in [6, 6.07) is 5.22. The van der Waals surface area contributed by atoms with Crippen molar-refractivity contribution in [2.45, 2.75) is 33.2 Å². The Kier molecular flexibility index (Phi) is 4.16. The number of primary amides is 1. The molecule has 0 bridgehead atoms. The number of benzene rings is 1. The summed E-state index contributed by atoms with van der Waals surface area (Å²) < 4.78 is 0. The molecule has 1 aliphatic rings. The summed E-state index contributed by atoms with van der Waals surface area (Å²) in [6.07, 6.45) is 2.62. The normalized spacial score (nSPS) is 16.6. The van der Waals surface area contributed by atoms with Crippen molar-refractivity contribution in [3.8, 4) is 0 Å². The maximum Gasteiger partial charge on any atom is 0.248 e. The minimum absolute atomic E-state index is 0.446. The lowest BCUT2D eigenvalue weighted by atomic mass is 9.92. The smallest absolute Gasteiger partial charge is 0.248 e. The van der Waals surface area contributed by atoms with Crippen molar-refractivity contribution in [2.24, 2.45) is 17.1 Å². The number of carbonyl (C=O) groups excluding carboxylic acids is 1. The number of halogens is 1. The van der Waals surface area contributed by atoms with Crippen molar-refractivity contribution in [1.29, 1.82) is 0 Å². The fraction of sp³-hybridized carbons (Fsp3) is 0.533. The number of nitrogens with one attached hydrogen (secondary N) is 1. The number of rotatable bonds is 6. The lowest BCUT2D eigenvalue weighted by Crippen LogP contribution is -2.27. The van der Waals surface area contributed by atoms with Gasteiger partial charge in [-0.2, -0.15) is 0 Å². The number of carbonyl (C=O) groups is 1. The molecule has 19 heavy (non-hydrogen) atoms. The quantitative estimate of drug-likeness (QED) is 0.842. The second-order valence-corrected chi connectivity index (χ2v) is 6.20. The van der Waals surface area contributed by atoms with Gasteiger partial charge >= 0.3 is 0 Å². The van der Waals surface area contributed by atoms with Gasteiger partial charge < -0.3 is 11.1 Å². The third-order valence-corrected chi connectivity index (χ3v) is 4.60. The van der Waals surface area contributed by atoms with Crippen molar-refractivity contribution in [1.82, 2.24) is 5.32 Å². The van der Waals surface area contributed by atoms with Crippen LogP contribution in [-0.4, -0.2) is 12.5 Å². The van der Waals surface area contributed by atoms with Gasteiger partial charge in [-0.1, -0.05) is 31.5 Å². The zero-order valence-electron chi connectivity index (χ0n) is 11.5. The van der Waals surface area contributed by atoms with E-state index in [-0.39, 0.29) is 0 Å². The van der Waals surface area contributed by atoms with Crippen LogP contribution in [0.1, 0.15) is 42.6 Å². The van der Waals surface area contributed by atoms with Crippen molar-refractivity contribution < 1.29 is 4.79 Å². The summed E-state index contributed by atoms with van der Waals surface area (Å²) in [7, 11) is 0. The summed E-state index contributed by atoms with van der Waals surface area (Å²) in [5.41, 5.74) is 7.16. The maximum absolute atomic E-state index is 11.0. The van der Waals surface area contributed by atoms with E-state index < -0.39 is 5.91 Å². The van der Waals surface area contributed by atoms with Crippen LogP contribution in [0, 0.1) is 11.3 Å². The van der Waals surface area contributed by atoms with Crippen LogP contribution in [0.2, 0.25) is 5.02 Å². The molecule has 0 saturated heterocycles. The first-order chi connectivity index (χ1) is 8.94. The monoisotopic (exact) mass is 280 g/mol. The van der Waals surface area contributed by atoms with E-state index in [1.165, 1.54) is 12.8 Å². The molecule has 0 heterocycles. The van der Waals surface area contributed by atoms with Crippen molar-refractivity contribution in [2.75, 3.05) is 6.54 Å². The first-order valence-electron chi connectivity index (χ1n) is 6.73. The van der Waals surface area contributed by atoms with Gasteiger partial charge in [-0.15, -0.1) is 0 Å². The van der Waals surface area contributed by atoms with Gasteiger partial charge in [0.2, 0.25) is 5.91 Å². The number of hydrogen-bond donors (Lipinski definition) is 2. The molecule has 0 spiro atoms. The molecule has 1 aromatic rings. The zero-order valence-corrected chi connectivity index (χ0v) is 12.3. The van der Waals surface area contributed by atoms with Gasteiger partial charge in [-0.3, -0.25) is 4.79 Å². The van der Waals surface area contributed by atoms with Crippen LogP contribution in [0.4, 0.5) is 0 Å². The minimum Gasteiger partial charge on any atom is -0.366 e. The van der Waals surface area contributed by atoms with E-state index in [0.717, 1.165) is 18.7 Å². The lowest BCUT2D eigenvalue weighted by molar-refractivity contribution is 0.100. The van der Waals surface area contributed by atoms with Crippen LogP contribution in [0.25, 0.3) is 0 Å². The summed E-state index contributed by atoms with van der Waals surface area (Å²) in [6.45, 7) is 6.32. The molecule has 0 unspecified atom stereocenters. The highest BCUT2D eigenvalue weighted by atomic mass is 35.5. The number of nitrogens with two attached hydrogens (primary N) is 1. The maximum atomic E-state index is 11.0.